The Hall–Kier alpha value is -1.81. The number of aromatic amines is 1. The Balaban J connectivity index is 2.84. The van der Waals surface area contributed by atoms with Gasteiger partial charge in [-0.25, -0.2) is 0 Å². The zero-order valence-electron chi connectivity index (χ0n) is 10.0. The van der Waals surface area contributed by atoms with Crippen molar-refractivity contribution in [2.24, 2.45) is 0 Å². The topological polar surface area (TPSA) is 70.2 Å². The summed E-state index contributed by atoms with van der Waals surface area (Å²) in [6.07, 6.45) is -0.279. The van der Waals surface area contributed by atoms with E-state index in [0.29, 0.717) is 21.6 Å². The Morgan fingerprint density at radius 2 is 2.06 bits per heavy atom. The van der Waals surface area contributed by atoms with Gasteiger partial charge in [-0.05, 0) is 31.5 Å². The number of aliphatic carboxylic acids is 1. The van der Waals surface area contributed by atoms with Crippen LogP contribution in [-0.2, 0) is 11.2 Å². The number of aryl methyl sites for hydroxylation is 2. The third-order valence-corrected chi connectivity index (χ3v) is 3.42. The Bertz CT molecular complexity index is 703. The van der Waals surface area contributed by atoms with Crippen molar-refractivity contribution in [1.82, 2.24) is 4.98 Å². The second-order valence-electron chi connectivity index (χ2n) is 4.22. The Morgan fingerprint density at radius 1 is 1.39 bits per heavy atom. The maximum absolute atomic E-state index is 12.2. The van der Waals surface area contributed by atoms with Crippen LogP contribution in [0.3, 0.4) is 0 Å². The van der Waals surface area contributed by atoms with Gasteiger partial charge in [0.15, 0.2) is 5.43 Å². The highest BCUT2D eigenvalue weighted by Crippen LogP contribution is 2.23. The summed E-state index contributed by atoms with van der Waals surface area (Å²) in [6.45, 7) is 3.51. The average Bonchev–Trinajstić information content (AvgIpc) is 2.29. The Labute approximate surface area is 108 Å². The van der Waals surface area contributed by atoms with Crippen LogP contribution in [0.1, 0.15) is 16.8 Å². The van der Waals surface area contributed by atoms with Crippen molar-refractivity contribution in [3.8, 4) is 0 Å². The highest BCUT2D eigenvalue weighted by atomic mass is 35.5. The fraction of sp³-hybridized carbons (Fsp3) is 0.231. The van der Waals surface area contributed by atoms with Crippen LogP contribution >= 0.6 is 11.6 Å². The molecule has 18 heavy (non-hydrogen) atoms. The number of carboxylic acid groups (broad SMARTS) is 1. The van der Waals surface area contributed by atoms with Crippen molar-refractivity contribution in [2.45, 2.75) is 20.3 Å². The van der Waals surface area contributed by atoms with Crippen molar-refractivity contribution < 1.29 is 9.90 Å². The number of carboxylic acids is 1. The normalized spacial score (nSPS) is 10.8. The van der Waals surface area contributed by atoms with E-state index < -0.39 is 5.97 Å². The molecule has 0 aliphatic rings. The molecule has 2 aromatic rings. The van der Waals surface area contributed by atoms with Gasteiger partial charge in [-0.1, -0.05) is 11.6 Å². The van der Waals surface area contributed by atoms with E-state index in [9.17, 15) is 9.59 Å². The maximum atomic E-state index is 12.2. The number of pyridine rings is 1. The fourth-order valence-electron chi connectivity index (χ4n) is 2.00. The molecule has 0 radical (unpaired) electrons. The van der Waals surface area contributed by atoms with Gasteiger partial charge >= 0.3 is 5.97 Å². The largest absolute Gasteiger partial charge is 0.481 e. The van der Waals surface area contributed by atoms with Crippen LogP contribution in [-0.4, -0.2) is 16.1 Å². The van der Waals surface area contributed by atoms with Crippen LogP contribution in [0.4, 0.5) is 0 Å². The minimum absolute atomic E-state index is 0.247. The van der Waals surface area contributed by atoms with Crippen LogP contribution in [0.5, 0.6) is 0 Å². The summed E-state index contributed by atoms with van der Waals surface area (Å²) in [5.74, 6) is -1.02. The van der Waals surface area contributed by atoms with Gasteiger partial charge in [0.1, 0.15) is 0 Å². The van der Waals surface area contributed by atoms with E-state index >= 15 is 0 Å². The number of hydrogen-bond acceptors (Lipinski definition) is 2. The van der Waals surface area contributed by atoms with Crippen LogP contribution in [0.15, 0.2) is 16.9 Å². The Kier molecular flexibility index (Phi) is 3.13. The Morgan fingerprint density at radius 3 is 2.67 bits per heavy atom. The van der Waals surface area contributed by atoms with Crippen LogP contribution in [0.2, 0.25) is 5.02 Å². The van der Waals surface area contributed by atoms with Gasteiger partial charge in [-0.2, -0.15) is 0 Å². The highest BCUT2D eigenvalue weighted by Gasteiger charge is 2.14. The molecule has 94 valence electrons. The third-order valence-electron chi connectivity index (χ3n) is 3.01. The smallest absolute Gasteiger partial charge is 0.308 e. The molecular weight excluding hydrogens is 254 g/mol. The van der Waals surface area contributed by atoms with E-state index in [1.165, 1.54) is 0 Å². The predicted octanol–water partition coefficient (Wildman–Crippen LogP) is 2.43. The van der Waals surface area contributed by atoms with Crippen molar-refractivity contribution in [2.75, 3.05) is 0 Å². The van der Waals surface area contributed by atoms with Crippen LogP contribution < -0.4 is 5.43 Å². The number of fused-ring (bicyclic) bond motifs is 1. The van der Waals surface area contributed by atoms with Gasteiger partial charge in [0.25, 0.3) is 0 Å². The van der Waals surface area contributed by atoms with Gasteiger partial charge in [0.05, 0.1) is 11.9 Å². The van der Waals surface area contributed by atoms with Crippen molar-refractivity contribution in [1.29, 1.82) is 0 Å². The third kappa shape index (κ3) is 1.99. The summed E-state index contributed by atoms with van der Waals surface area (Å²) in [5.41, 5.74) is 2.07. The minimum Gasteiger partial charge on any atom is -0.481 e. The molecule has 0 saturated carbocycles. The number of carbonyl (C=O) groups is 1. The molecule has 0 unspecified atom stereocenters. The maximum Gasteiger partial charge on any atom is 0.308 e. The zero-order chi connectivity index (χ0) is 13.4. The lowest BCUT2D eigenvalue weighted by Gasteiger charge is -2.09. The van der Waals surface area contributed by atoms with E-state index in [2.05, 4.69) is 4.98 Å². The first-order chi connectivity index (χ1) is 8.41. The van der Waals surface area contributed by atoms with Gasteiger partial charge in [0.2, 0.25) is 0 Å². The second-order valence-corrected chi connectivity index (χ2v) is 4.63. The van der Waals surface area contributed by atoms with Gasteiger partial charge in [-0.15, -0.1) is 0 Å². The summed E-state index contributed by atoms with van der Waals surface area (Å²) in [4.78, 5) is 26.0. The highest BCUT2D eigenvalue weighted by molar-refractivity contribution is 6.32. The first-order valence-electron chi connectivity index (χ1n) is 5.44. The van der Waals surface area contributed by atoms with Gasteiger partial charge < -0.3 is 10.1 Å². The van der Waals surface area contributed by atoms with E-state index in [1.807, 2.05) is 6.92 Å². The zero-order valence-corrected chi connectivity index (χ0v) is 10.8. The predicted molar refractivity (Wildman–Crippen MR) is 70.4 cm³/mol. The second kappa shape index (κ2) is 4.46. The molecule has 0 fully saturated rings. The van der Waals surface area contributed by atoms with Crippen molar-refractivity contribution in [3.05, 3.63) is 44.2 Å². The number of rotatable bonds is 2. The first kappa shape index (κ1) is 12.6. The molecule has 1 heterocycles. The van der Waals surface area contributed by atoms with Crippen LogP contribution in [0.25, 0.3) is 10.9 Å². The molecule has 4 nitrogen and oxygen atoms in total. The van der Waals surface area contributed by atoms with E-state index in [0.717, 1.165) is 5.56 Å². The number of nitrogens with one attached hydrogen (secondary N) is 1. The van der Waals surface area contributed by atoms with Crippen molar-refractivity contribution in [3.63, 3.8) is 0 Å². The lowest BCUT2D eigenvalue weighted by molar-refractivity contribution is -0.136. The lowest BCUT2D eigenvalue weighted by atomic mass is 10.0. The molecule has 0 saturated heterocycles. The number of halogens is 1. The molecule has 0 atom stereocenters. The standard InChI is InChI=1S/C13H12ClNO3/c1-6-10(14)4-3-8-12(6)15-7(2)9(13(8)18)5-11(16)17/h3-4H,5H2,1-2H3,(H,15,18)(H,16,17). The summed E-state index contributed by atoms with van der Waals surface area (Å²) in [5, 5.41) is 9.86. The van der Waals surface area contributed by atoms with Gasteiger partial charge in [0, 0.05) is 21.7 Å². The molecular formula is C13H12ClNO3. The number of benzene rings is 1. The van der Waals surface area contributed by atoms with Gasteiger partial charge in [-0.3, -0.25) is 9.59 Å². The fourth-order valence-corrected chi connectivity index (χ4v) is 2.15. The quantitative estimate of drug-likeness (QED) is 0.876. The van der Waals surface area contributed by atoms with E-state index in [1.54, 1.807) is 19.1 Å². The average molecular weight is 266 g/mol. The lowest BCUT2D eigenvalue weighted by Crippen LogP contribution is -2.17. The molecule has 0 amide bonds. The summed E-state index contributed by atoms with van der Waals surface area (Å²) < 4.78 is 0. The minimum atomic E-state index is -1.02. The molecule has 0 aliphatic heterocycles. The van der Waals surface area contributed by atoms with Crippen molar-refractivity contribution >= 4 is 28.5 Å². The van der Waals surface area contributed by atoms with E-state index in [4.69, 9.17) is 16.7 Å². The molecule has 0 spiro atoms. The summed E-state index contributed by atoms with van der Waals surface area (Å²) in [7, 11) is 0. The SMILES string of the molecule is Cc1[nH]c2c(C)c(Cl)ccc2c(=O)c1CC(=O)O. The first-order valence-corrected chi connectivity index (χ1v) is 5.82. The summed E-state index contributed by atoms with van der Waals surface area (Å²) in [6, 6.07) is 3.27. The molecule has 2 rings (SSSR count). The number of H-pyrrole nitrogens is 1. The molecule has 0 bridgehead atoms. The number of aromatic nitrogens is 1. The molecule has 1 aromatic heterocycles. The van der Waals surface area contributed by atoms with E-state index in [-0.39, 0.29) is 17.4 Å². The summed E-state index contributed by atoms with van der Waals surface area (Å²) >= 11 is 6.00. The molecule has 1 aromatic carbocycles. The monoisotopic (exact) mass is 265 g/mol. The molecule has 2 N–H and O–H groups in total. The molecule has 0 aliphatic carbocycles. The molecule has 5 heteroatoms. The number of hydrogen-bond donors (Lipinski definition) is 2. The van der Waals surface area contributed by atoms with Crippen LogP contribution in [0, 0.1) is 13.8 Å².